The quantitative estimate of drug-likeness (QED) is 0.840. The Labute approximate surface area is 126 Å². The molecule has 0 amide bonds. The van der Waals surface area contributed by atoms with E-state index < -0.39 is 0 Å². The highest BCUT2D eigenvalue weighted by molar-refractivity contribution is 5.90. The van der Waals surface area contributed by atoms with E-state index in [0.717, 1.165) is 12.2 Å². The number of anilines is 1. The SMILES string of the molecule is CCOC(=O)c1cccc(NCc2ccc(C)cc2C)c1. The first-order valence-electron chi connectivity index (χ1n) is 7.17. The third-order valence-corrected chi connectivity index (χ3v) is 3.35. The van der Waals surface area contributed by atoms with Crippen LogP contribution in [0, 0.1) is 13.8 Å². The number of esters is 1. The maximum atomic E-state index is 11.7. The van der Waals surface area contributed by atoms with E-state index in [9.17, 15) is 4.79 Å². The topological polar surface area (TPSA) is 38.3 Å². The first-order valence-corrected chi connectivity index (χ1v) is 7.17. The van der Waals surface area contributed by atoms with Gasteiger partial charge in [-0.25, -0.2) is 4.79 Å². The molecule has 0 spiro atoms. The highest BCUT2D eigenvalue weighted by Gasteiger charge is 2.06. The third-order valence-electron chi connectivity index (χ3n) is 3.35. The highest BCUT2D eigenvalue weighted by Crippen LogP contribution is 2.15. The predicted octanol–water partition coefficient (Wildman–Crippen LogP) is 4.09. The van der Waals surface area contributed by atoms with Crippen molar-refractivity contribution in [3.63, 3.8) is 0 Å². The smallest absolute Gasteiger partial charge is 0.338 e. The van der Waals surface area contributed by atoms with E-state index in [1.165, 1.54) is 16.7 Å². The minimum absolute atomic E-state index is 0.285. The molecule has 0 aliphatic carbocycles. The van der Waals surface area contributed by atoms with Crippen molar-refractivity contribution < 1.29 is 9.53 Å². The number of carbonyl (C=O) groups is 1. The second kappa shape index (κ2) is 6.93. The van der Waals surface area contributed by atoms with Gasteiger partial charge in [-0.2, -0.15) is 0 Å². The van der Waals surface area contributed by atoms with E-state index in [1.807, 2.05) is 18.2 Å². The maximum absolute atomic E-state index is 11.7. The largest absolute Gasteiger partial charge is 0.462 e. The van der Waals surface area contributed by atoms with Crippen molar-refractivity contribution in [1.29, 1.82) is 0 Å². The Bertz CT molecular complexity index is 635. The van der Waals surface area contributed by atoms with Gasteiger partial charge in [-0.15, -0.1) is 0 Å². The Kier molecular flexibility index (Phi) is 4.99. The summed E-state index contributed by atoms with van der Waals surface area (Å²) in [5, 5.41) is 3.35. The van der Waals surface area contributed by atoms with Crippen LogP contribution in [0.25, 0.3) is 0 Å². The zero-order valence-electron chi connectivity index (χ0n) is 12.8. The van der Waals surface area contributed by atoms with E-state index in [1.54, 1.807) is 13.0 Å². The summed E-state index contributed by atoms with van der Waals surface area (Å²) in [6, 6.07) is 13.8. The molecule has 0 aliphatic heterocycles. The number of rotatable bonds is 5. The summed E-state index contributed by atoms with van der Waals surface area (Å²) in [6.07, 6.45) is 0. The van der Waals surface area contributed by atoms with Gasteiger partial charge < -0.3 is 10.1 Å². The van der Waals surface area contributed by atoms with Gasteiger partial charge in [0.1, 0.15) is 0 Å². The lowest BCUT2D eigenvalue weighted by molar-refractivity contribution is 0.0526. The molecule has 0 aromatic heterocycles. The minimum atomic E-state index is -0.285. The molecule has 3 heteroatoms. The number of ether oxygens (including phenoxy) is 1. The molecule has 21 heavy (non-hydrogen) atoms. The zero-order valence-corrected chi connectivity index (χ0v) is 12.8. The van der Waals surface area contributed by atoms with Crippen LogP contribution >= 0.6 is 0 Å². The van der Waals surface area contributed by atoms with Crippen LogP contribution in [0.3, 0.4) is 0 Å². The number of hydrogen-bond donors (Lipinski definition) is 1. The van der Waals surface area contributed by atoms with Crippen molar-refractivity contribution in [3.05, 3.63) is 64.7 Å². The molecule has 0 fully saturated rings. The lowest BCUT2D eigenvalue weighted by Crippen LogP contribution is -2.06. The van der Waals surface area contributed by atoms with Gasteiger partial charge in [0.2, 0.25) is 0 Å². The average Bonchev–Trinajstić information content (AvgIpc) is 2.47. The standard InChI is InChI=1S/C18H21NO2/c1-4-21-18(20)15-6-5-7-17(11-15)19-12-16-9-8-13(2)10-14(16)3/h5-11,19H,4,12H2,1-3H3. The average molecular weight is 283 g/mol. The molecule has 2 rings (SSSR count). The van der Waals surface area contributed by atoms with Gasteiger partial charge in [-0.1, -0.05) is 29.8 Å². The Morgan fingerprint density at radius 1 is 1.14 bits per heavy atom. The Morgan fingerprint density at radius 2 is 1.95 bits per heavy atom. The van der Waals surface area contributed by atoms with Crippen molar-refractivity contribution in [2.24, 2.45) is 0 Å². The summed E-state index contributed by atoms with van der Waals surface area (Å²) in [5.41, 5.74) is 5.27. The Balaban J connectivity index is 2.06. The van der Waals surface area contributed by atoms with E-state index >= 15 is 0 Å². The summed E-state index contributed by atoms with van der Waals surface area (Å²) in [4.78, 5) is 11.7. The van der Waals surface area contributed by atoms with Gasteiger partial charge in [0.05, 0.1) is 12.2 Å². The summed E-state index contributed by atoms with van der Waals surface area (Å²) in [5.74, 6) is -0.285. The molecule has 0 aliphatic rings. The van der Waals surface area contributed by atoms with Crippen LogP contribution < -0.4 is 5.32 Å². The molecular weight excluding hydrogens is 262 g/mol. The van der Waals surface area contributed by atoms with Crippen LogP contribution in [0.4, 0.5) is 5.69 Å². The first kappa shape index (κ1) is 15.1. The van der Waals surface area contributed by atoms with Crippen molar-refractivity contribution in [3.8, 4) is 0 Å². The highest BCUT2D eigenvalue weighted by atomic mass is 16.5. The molecule has 2 aromatic carbocycles. The van der Waals surface area contributed by atoms with Gasteiger partial charge in [-0.3, -0.25) is 0 Å². The normalized spacial score (nSPS) is 10.2. The lowest BCUT2D eigenvalue weighted by Gasteiger charge is -2.11. The van der Waals surface area contributed by atoms with Gasteiger partial charge in [-0.05, 0) is 50.1 Å². The molecule has 2 aromatic rings. The predicted molar refractivity (Wildman–Crippen MR) is 85.6 cm³/mol. The number of hydrogen-bond acceptors (Lipinski definition) is 3. The molecule has 0 unspecified atom stereocenters. The minimum Gasteiger partial charge on any atom is -0.462 e. The van der Waals surface area contributed by atoms with Crippen molar-refractivity contribution >= 4 is 11.7 Å². The number of carbonyl (C=O) groups excluding carboxylic acids is 1. The van der Waals surface area contributed by atoms with Crippen LogP contribution in [0.15, 0.2) is 42.5 Å². The van der Waals surface area contributed by atoms with Gasteiger partial charge in [0, 0.05) is 12.2 Å². The Morgan fingerprint density at radius 3 is 2.67 bits per heavy atom. The molecule has 0 atom stereocenters. The Hall–Kier alpha value is -2.29. The molecule has 3 nitrogen and oxygen atoms in total. The molecule has 110 valence electrons. The number of nitrogens with one attached hydrogen (secondary N) is 1. The van der Waals surface area contributed by atoms with Crippen molar-refractivity contribution in [2.45, 2.75) is 27.3 Å². The van der Waals surface area contributed by atoms with E-state index in [0.29, 0.717) is 12.2 Å². The molecule has 1 N–H and O–H groups in total. The van der Waals surface area contributed by atoms with Crippen LogP contribution in [0.2, 0.25) is 0 Å². The molecule has 0 saturated heterocycles. The fourth-order valence-corrected chi connectivity index (χ4v) is 2.21. The first-order chi connectivity index (χ1) is 10.1. The molecule has 0 heterocycles. The zero-order chi connectivity index (χ0) is 15.2. The van der Waals surface area contributed by atoms with Crippen LogP contribution in [-0.4, -0.2) is 12.6 Å². The summed E-state index contributed by atoms with van der Waals surface area (Å²) in [7, 11) is 0. The van der Waals surface area contributed by atoms with Crippen LogP contribution in [-0.2, 0) is 11.3 Å². The fourth-order valence-electron chi connectivity index (χ4n) is 2.21. The number of aryl methyl sites for hydroxylation is 2. The molecule has 0 radical (unpaired) electrons. The van der Waals surface area contributed by atoms with Gasteiger partial charge in [0.15, 0.2) is 0 Å². The summed E-state index contributed by atoms with van der Waals surface area (Å²) >= 11 is 0. The van der Waals surface area contributed by atoms with Crippen molar-refractivity contribution in [2.75, 3.05) is 11.9 Å². The van der Waals surface area contributed by atoms with Gasteiger partial charge in [0.25, 0.3) is 0 Å². The summed E-state index contributed by atoms with van der Waals surface area (Å²) in [6.45, 7) is 7.13. The number of benzene rings is 2. The monoisotopic (exact) mass is 283 g/mol. The molecule has 0 saturated carbocycles. The second-order valence-electron chi connectivity index (χ2n) is 5.08. The van der Waals surface area contributed by atoms with E-state index in [4.69, 9.17) is 4.74 Å². The summed E-state index contributed by atoms with van der Waals surface area (Å²) < 4.78 is 5.01. The van der Waals surface area contributed by atoms with Crippen LogP contribution in [0.1, 0.15) is 34.0 Å². The maximum Gasteiger partial charge on any atom is 0.338 e. The second-order valence-corrected chi connectivity index (χ2v) is 5.08. The molecule has 0 bridgehead atoms. The van der Waals surface area contributed by atoms with Crippen molar-refractivity contribution in [1.82, 2.24) is 0 Å². The third kappa shape index (κ3) is 4.09. The fraction of sp³-hybridized carbons (Fsp3) is 0.278. The van der Waals surface area contributed by atoms with E-state index in [2.05, 4.69) is 37.4 Å². The molecular formula is C18H21NO2. The lowest BCUT2D eigenvalue weighted by atomic mass is 10.1. The van der Waals surface area contributed by atoms with Gasteiger partial charge >= 0.3 is 5.97 Å². The van der Waals surface area contributed by atoms with Crippen LogP contribution in [0.5, 0.6) is 0 Å². The van der Waals surface area contributed by atoms with E-state index in [-0.39, 0.29) is 5.97 Å².